The third kappa shape index (κ3) is 3.92. The maximum Gasteiger partial charge on any atom is 0.226 e. The summed E-state index contributed by atoms with van der Waals surface area (Å²) in [7, 11) is 3.18. The molecule has 3 rings (SSSR count). The van der Waals surface area contributed by atoms with E-state index in [1.165, 1.54) is 23.9 Å². The molecule has 0 spiro atoms. The lowest BCUT2D eigenvalue weighted by Gasteiger charge is -2.13. The second-order valence-corrected chi connectivity index (χ2v) is 6.14. The zero-order chi connectivity index (χ0) is 19.6. The maximum atomic E-state index is 10.1. The fourth-order valence-corrected chi connectivity index (χ4v) is 2.46. The lowest BCUT2D eigenvalue weighted by Crippen LogP contribution is -2.26. The van der Waals surface area contributed by atoms with Crippen LogP contribution in [0.3, 0.4) is 0 Å². The van der Waals surface area contributed by atoms with Crippen LogP contribution in [0.1, 0.15) is 12.5 Å². The Hall–Kier alpha value is -3.34. The van der Waals surface area contributed by atoms with Crippen LogP contribution in [-0.2, 0) is 13.6 Å². The number of fused-ring (bicyclic) bond motifs is 1. The number of ether oxygens (including phenoxy) is 1. The summed E-state index contributed by atoms with van der Waals surface area (Å²) in [4.78, 5) is 8.79. The van der Waals surface area contributed by atoms with E-state index < -0.39 is 0 Å². The molecule has 0 fully saturated rings. The van der Waals surface area contributed by atoms with Gasteiger partial charge in [0.05, 0.1) is 12.7 Å². The zero-order valence-electron chi connectivity index (χ0n) is 15.3. The standard InChI is InChI=1S/C16H22N8O3/c1-8(17)6-19-16-20-14(13-15(21-16)24(2)23-22-13)18-7-10-11(25)4-9(27-3)5-12(10)26/h4-5,8,25-26H,6-7,17H2,1-3H3,(H2,18,19,20,21). The van der Waals surface area contributed by atoms with Gasteiger partial charge in [-0.1, -0.05) is 5.21 Å². The fraction of sp³-hybridized carbons (Fsp3) is 0.375. The average molecular weight is 374 g/mol. The predicted octanol–water partition coefficient (Wildman–Crippen LogP) is 0.549. The number of anilines is 2. The van der Waals surface area contributed by atoms with Crippen molar-refractivity contribution in [3.8, 4) is 17.2 Å². The van der Waals surface area contributed by atoms with Crippen molar-refractivity contribution in [3.63, 3.8) is 0 Å². The van der Waals surface area contributed by atoms with Crippen LogP contribution in [0.15, 0.2) is 12.1 Å². The van der Waals surface area contributed by atoms with Gasteiger partial charge in [0, 0.05) is 38.3 Å². The van der Waals surface area contributed by atoms with Crippen LogP contribution in [0.25, 0.3) is 11.2 Å². The van der Waals surface area contributed by atoms with Crippen LogP contribution in [-0.4, -0.2) is 54.9 Å². The van der Waals surface area contributed by atoms with E-state index in [9.17, 15) is 10.2 Å². The van der Waals surface area contributed by atoms with Crippen molar-refractivity contribution in [2.24, 2.45) is 12.8 Å². The number of nitrogens with one attached hydrogen (secondary N) is 2. The molecule has 0 saturated carbocycles. The highest BCUT2D eigenvalue weighted by molar-refractivity contribution is 5.83. The molecule has 2 heterocycles. The van der Waals surface area contributed by atoms with Crippen LogP contribution >= 0.6 is 0 Å². The topological polar surface area (TPSA) is 156 Å². The van der Waals surface area contributed by atoms with E-state index in [-0.39, 0.29) is 24.1 Å². The average Bonchev–Trinajstić information content (AvgIpc) is 3.00. The maximum absolute atomic E-state index is 10.1. The number of hydrogen-bond acceptors (Lipinski definition) is 10. The second-order valence-electron chi connectivity index (χ2n) is 6.14. The van der Waals surface area contributed by atoms with Gasteiger partial charge < -0.3 is 31.3 Å². The molecule has 11 heteroatoms. The predicted molar refractivity (Wildman–Crippen MR) is 99.9 cm³/mol. The van der Waals surface area contributed by atoms with E-state index in [4.69, 9.17) is 10.5 Å². The van der Waals surface area contributed by atoms with Gasteiger partial charge in [0.2, 0.25) is 5.95 Å². The summed E-state index contributed by atoms with van der Waals surface area (Å²) >= 11 is 0. The molecule has 144 valence electrons. The van der Waals surface area contributed by atoms with Gasteiger partial charge in [0.15, 0.2) is 17.0 Å². The zero-order valence-corrected chi connectivity index (χ0v) is 15.3. The molecule has 0 aliphatic carbocycles. The summed E-state index contributed by atoms with van der Waals surface area (Å²) in [6.07, 6.45) is 0. The molecule has 1 aromatic carbocycles. The van der Waals surface area contributed by atoms with E-state index in [1.807, 2.05) is 6.92 Å². The molecule has 1 atom stereocenters. The summed E-state index contributed by atoms with van der Waals surface area (Å²) in [6, 6.07) is 2.77. The van der Waals surface area contributed by atoms with Crippen molar-refractivity contribution >= 4 is 22.9 Å². The summed E-state index contributed by atoms with van der Waals surface area (Å²) < 4.78 is 6.54. The molecule has 6 N–H and O–H groups in total. The van der Waals surface area contributed by atoms with Gasteiger partial charge in [-0.05, 0) is 6.92 Å². The molecule has 1 unspecified atom stereocenters. The quantitative estimate of drug-likeness (QED) is 0.395. The highest BCUT2D eigenvalue weighted by Gasteiger charge is 2.16. The number of benzene rings is 1. The molecule has 0 amide bonds. The largest absolute Gasteiger partial charge is 0.507 e. The van der Waals surface area contributed by atoms with Crippen molar-refractivity contribution < 1.29 is 14.9 Å². The Kier molecular flexibility index (Phi) is 5.12. The first-order valence-electron chi connectivity index (χ1n) is 8.28. The smallest absolute Gasteiger partial charge is 0.226 e. The molecule has 0 bridgehead atoms. The molecule has 2 aromatic heterocycles. The van der Waals surface area contributed by atoms with Gasteiger partial charge in [-0.2, -0.15) is 9.97 Å². The lowest BCUT2D eigenvalue weighted by atomic mass is 10.1. The van der Waals surface area contributed by atoms with Crippen molar-refractivity contribution in [2.45, 2.75) is 19.5 Å². The number of nitrogens with zero attached hydrogens (tertiary/aromatic N) is 5. The molecular weight excluding hydrogens is 352 g/mol. The van der Waals surface area contributed by atoms with E-state index in [1.54, 1.807) is 7.05 Å². The molecule has 0 aliphatic rings. The minimum Gasteiger partial charge on any atom is -0.507 e. The van der Waals surface area contributed by atoms with Crippen molar-refractivity contribution in [2.75, 3.05) is 24.3 Å². The first kappa shape index (κ1) is 18.5. The minimum absolute atomic E-state index is 0.0708. The van der Waals surface area contributed by atoms with Gasteiger partial charge in [-0.15, -0.1) is 5.10 Å². The van der Waals surface area contributed by atoms with E-state index in [0.717, 1.165) is 0 Å². The van der Waals surface area contributed by atoms with Gasteiger partial charge in [0.25, 0.3) is 0 Å². The Morgan fingerprint density at radius 2 is 1.93 bits per heavy atom. The van der Waals surface area contributed by atoms with Gasteiger partial charge in [0.1, 0.15) is 17.2 Å². The van der Waals surface area contributed by atoms with Gasteiger partial charge >= 0.3 is 0 Å². The lowest BCUT2D eigenvalue weighted by molar-refractivity contribution is 0.394. The van der Waals surface area contributed by atoms with E-state index >= 15 is 0 Å². The third-order valence-corrected chi connectivity index (χ3v) is 3.88. The Bertz CT molecular complexity index is 933. The number of phenolic OH excluding ortho intramolecular Hbond substituents is 2. The number of methoxy groups -OCH3 is 1. The van der Waals surface area contributed by atoms with Crippen molar-refractivity contribution in [1.82, 2.24) is 25.0 Å². The first-order chi connectivity index (χ1) is 12.9. The number of aromatic hydroxyl groups is 2. The Labute approximate surface area is 155 Å². The second kappa shape index (κ2) is 7.50. The van der Waals surface area contributed by atoms with Crippen LogP contribution in [0.2, 0.25) is 0 Å². The molecular formula is C16H22N8O3. The number of nitrogens with two attached hydrogens (primary N) is 1. The van der Waals surface area contributed by atoms with Crippen LogP contribution < -0.4 is 21.1 Å². The number of phenols is 2. The Morgan fingerprint density at radius 1 is 1.22 bits per heavy atom. The molecule has 11 nitrogen and oxygen atoms in total. The Balaban J connectivity index is 1.90. The normalized spacial score (nSPS) is 12.1. The highest BCUT2D eigenvalue weighted by atomic mass is 16.5. The van der Waals surface area contributed by atoms with Crippen LogP contribution in [0.4, 0.5) is 11.8 Å². The summed E-state index contributed by atoms with van der Waals surface area (Å²) in [5, 5.41) is 34.4. The number of aryl methyl sites for hydroxylation is 1. The molecule has 0 aliphatic heterocycles. The number of rotatable bonds is 7. The minimum atomic E-state index is -0.0981. The van der Waals surface area contributed by atoms with Gasteiger partial charge in [-0.25, -0.2) is 4.68 Å². The highest BCUT2D eigenvalue weighted by Crippen LogP contribution is 2.33. The summed E-state index contributed by atoms with van der Waals surface area (Å²) in [6.45, 7) is 2.47. The van der Waals surface area contributed by atoms with E-state index in [2.05, 4.69) is 30.9 Å². The molecule has 0 saturated heterocycles. The van der Waals surface area contributed by atoms with Crippen LogP contribution in [0, 0.1) is 0 Å². The third-order valence-electron chi connectivity index (χ3n) is 3.88. The van der Waals surface area contributed by atoms with Gasteiger partial charge in [-0.3, -0.25) is 0 Å². The first-order valence-corrected chi connectivity index (χ1v) is 8.28. The SMILES string of the molecule is COc1cc(O)c(CNc2nc(NCC(C)N)nc3c2nnn3C)c(O)c1. The molecule has 27 heavy (non-hydrogen) atoms. The van der Waals surface area contributed by atoms with E-state index in [0.29, 0.717) is 40.8 Å². The monoisotopic (exact) mass is 374 g/mol. The summed E-state index contributed by atoms with van der Waals surface area (Å²) in [5.41, 5.74) is 7.06. The van der Waals surface area contributed by atoms with Crippen molar-refractivity contribution in [3.05, 3.63) is 17.7 Å². The van der Waals surface area contributed by atoms with Crippen LogP contribution in [0.5, 0.6) is 17.2 Å². The number of aromatic nitrogens is 5. The molecule has 3 aromatic rings. The Morgan fingerprint density at radius 3 is 2.56 bits per heavy atom. The molecule has 0 radical (unpaired) electrons. The summed E-state index contributed by atoms with van der Waals surface area (Å²) in [5.74, 6) is 0.943. The van der Waals surface area contributed by atoms with Crippen molar-refractivity contribution in [1.29, 1.82) is 0 Å². The number of hydrogen-bond donors (Lipinski definition) is 5. The fourth-order valence-electron chi connectivity index (χ4n) is 2.46.